The zero-order chi connectivity index (χ0) is 24.9. The van der Waals surface area contributed by atoms with Crippen molar-refractivity contribution >= 4 is 23.6 Å². The molecule has 9 heteroatoms. The molecular formula is C25H33N3O6. The predicted octanol–water partition coefficient (Wildman–Crippen LogP) is 2.11. The van der Waals surface area contributed by atoms with E-state index in [1.54, 1.807) is 24.3 Å². The summed E-state index contributed by atoms with van der Waals surface area (Å²) in [5.74, 6) is -2.22. The van der Waals surface area contributed by atoms with Crippen LogP contribution in [0.15, 0.2) is 54.6 Å². The van der Waals surface area contributed by atoms with Crippen molar-refractivity contribution in [2.45, 2.75) is 44.2 Å². The first-order valence-electron chi connectivity index (χ1n) is 11.2. The molecule has 1 unspecified atom stereocenters. The van der Waals surface area contributed by atoms with E-state index in [9.17, 15) is 19.5 Å². The average Bonchev–Trinajstić information content (AvgIpc) is 2.84. The highest BCUT2D eigenvalue weighted by Crippen LogP contribution is 2.23. The van der Waals surface area contributed by atoms with Crippen molar-refractivity contribution in [2.24, 2.45) is 11.5 Å². The van der Waals surface area contributed by atoms with Gasteiger partial charge in [0.05, 0.1) is 7.11 Å². The molecule has 0 aliphatic heterocycles. The number of carbonyl (C=O) groups excluding carboxylic acids is 2. The molecule has 0 fully saturated rings. The lowest BCUT2D eigenvalue weighted by molar-refractivity contribution is -0.159. The Morgan fingerprint density at radius 3 is 2.26 bits per heavy atom. The Hall–Kier alpha value is -3.43. The molecule has 0 saturated carbocycles. The number of methoxy groups -OCH3 is 1. The minimum absolute atomic E-state index is 0.241. The van der Waals surface area contributed by atoms with E-state index in [4.69, 9.17) is 20.9 Å². The molecule has 184 valence electrons. The van der Waals surface area contributed by atoms with Crippen molar-refractivity contribution in [3.05, 3.63) is 60.2 Å². The van der Waals surface area contributed by atoms with Crippen molar-refractivity contribution in [3.8, 4) is 5.75 Å². The number of aliphatic carboxylic acids is 1. The number of esters is 2. The summed E-state index contributed by atoms with van der Waals surface area (Å²) >= 11 is 0. The number of carbonyl (C=O) groups is 3. The highest BCUT2D eigenvalue weighted by Gasteiger charge is 2.29. The number of ether oxygens (including phenoxy) is 2. The van der Waals surface area contributed by atoms with Crippen LogP contribution in [0.2, 0.25) is 0 Å². The third-order valence-corrected chi connectivity index (χ3v) is 5.40. The Morgan fingerprint density at radius 2 is 1.68 bits per heavy atom. The van der Waals surface area contributed by atoms with Gasteiger partial charge in [-0.2, -0.15) is 0 Å². The maximum Gasteiger partial charge on any atom is 0.333 e. The summed E-state index contributed by atoms with van der Waals surface area (Å²) in [5.41, 5.74) is 12.7. The largest absolute Gasteiger partial charge is 0.497 e. The third-order valence-electron chi connectivity index (χ3n) is 5.40. The third kappa shape index (κ3) is 8.49. The van der Waals surface area contributed by atoms with Gasteiger partial charge in [0.2, 0.25) is 0 Å². The number of anilines is 1. The van der Waals surface area contributed by atoms with E-state index < -0.39 is 36.5 Å². The van der Waals surface area contributed by atoms with Crippen LogP contribution in [0.3, 0.4) is 0 Å². The summed E-state index contributed by atoms with van der Waals surface area (Å²) < 4.78 is 10.1. The zero-order valence-corrected chi connectivity index (χ0v) is 19.4. The van der Waals surface area contributed by atoms with Crippen molar-refractivity contribution < 1.29 is 29.0 Å². The molecule has 2 aromatic rings. The van der Waals surface area contributed by atoms with E-state index in [1.807, 2.05) is 30.3 Å². The lowest BCUT2D eigenvalue weighted by Gasteiger charge is -2.30. The summed E-state index contributed by atoms with van der Waals surface area (Å²) in [7, 11) is 1.52. The fourth-order valence-corrected chi connectivity index (χ4v) is 3.50. The number of nitrogens with zero attached hydrogens (tertiary/aromatic N) is 1. The summed E-state index contributed by atoms with van der Waals surface area (Å²) in [6.07, 6.45) is 2.43. The van der Waals surface area contributed by atoms with Gasteiger partial charge in [0.1, 0.15) is 24.4 Å². The number of carboxylic acid groups (broad SMARTS) is 1. The molecule has 2 atom stereocenters. The van der Waals surface area contributed by atoms with Crippen LogP contribution in [0.5, 0.6) is 5.75 Å². The SMILES string of the molecule is COc1ccc(N(CC(=O)OC(=O)[C@@H](N)CCCCN)C(CCc2ccccc2)C(=O)O)cc1. The van der Waals surface area contributed by atoms with Gasteiger partial charge in [0.15, 0.2) is 0 Å². The monoisotopic (exact) mass is 471 g/mol. The lowest BCUT2D eigenvalue weighted by Crippen LogP contribution is -2.46. The first-order valence-corrected chi connectivity index (χ1v) is 11.2. The second-order valence-electron chi connectivity index (χ2n) is 7.89. The van der Waals surface area contributed by atoms with Gasteiger partial charge in [-0.3, -0.25) is 0 Å². The average molecular weight is 472 g/mol. The highest BCUT2D eigenvalue weighted by atomic mass is 16.6. The van der Waals surface area contributed by atoms with Gasteiger partial charge < -0.3 is 30.9 Å². The van der Waals surface area contributed by atoms with Crippen LogP contribution in [0.4, 0.5) is 5.69 Å². The summed E-state index contributed by atoms with van der Waals surface area (Å²) in [5, 5.41) is 9.97. The van der Waals surface area contributed by atoms with Crippen LogP contribution in [0.25, 0.3) is 0 Å². The molecule has 0 amide bonds. The number of unbranched alkanes of at least 4 members (excludes halogenated alkanes) is 1. The van der Waals surface area contributed by atoms with Gasteiger partial charge in [-0.1, -0.05) is 36.8 Å². The van der Waals surface area contributed by atoms with E-state index in [0.29, 0.717) is 43.7 Å². The smallest absolute Gasteiger partial charge is 0.333 e. The Bertz CT molecular complexity index is 920. The molecule has 9 nitrogen and oxygen atoms in total. The molecule has 34 heavy (non-hydrogen) atoms. The van der Waals surface area contributed by atoms with Gasteiger partial charge >= 0.3 is 17.9 Å². The molecule has 0 spiro atoms. The second-order valence-corrected chi connectivity index (χ2v) is 7.89. The molecule has 5 N–H and O–H groups in total. The molecule has 2 rings (SSSR count). The number of carboxylic acids is 1. The van der Waals surface area contributed by atoms with Crippen LogP contribution in [-0.2, 0) is 25.5 Å². The molecule has 0 aliphatic rings. The number of rotatable bonds is 14. The molecule has 0 saturated heterocycles. The molecule has 0 aliphatic carbocycles. The molecular weight excluding hydrogens is 438 g/mol. The number of hydrogen-bond donors (Lipinski definition) is 3. The van der Waals surface area contributed by atoms with E-state index in [-0.39, 0.29) is 6.42 Å². The van der Waals surface area contributed by atoms with Gasteiger partial charge in [-0.25, -0.2) is 14.4 Å². The maximum atomic E-state index is 12.6. The maximum absolute atomic E-state index is 12.6. The standard InChI is InChI=1S/C25H33N3O6/c1-33-20-13-11-19(12-14-20)28(17-23(29)34-25(32)21(27)9-5-6-16-26)22(24(30)31)15-10-18-7-3-2-4-8-18/h2-4,7-8,11-14,21-22H,5-6,9-10,15-17,26-27H2,1H3,(H,30,31)/t21-,22?/m0/s1. The van der Waals surface area contributed by atoms with Crippen LogP contribution >= 0.6 is 0 Å². The van der Waals surface area contributed by atoms with Gasteiger partial charge in [-0.05, 0) is 62.1 Å². The molecule has 0 bridgehead atoms. The minimum Gasteiger partial charge on any atom is -0.497 e. The highest BCUT2D eigenvalue weighted by molar-refractivity contribution is 5.91. The van der Waals surface area contributed by atoms with E-state index in [0.717, 1.165) is 5.56 Å². The topological polar surface area (TPSA) is 145 Å². The number of benzene rings is 2. The van der Waals surface area contributed by atoms with Crippen molar-refractivity contribution in [3.63, 3.8) is 0 Å². The van der Waals surface area contributed by atoms with Crippen LogP contribution in [0.1, 0.15) is 31.2 Å². The molecule has 0 heterocycles. The Morgan fingerprint density at radius 1 is 1.00 bits per heavy atom. The predicted molar refractivity (Wildman–Crippen MR) is 129 cm³/mol. The van der Waals surface area contributed by atoms with Crippen molar-refractivity contribution in [1.29, 1.82) is 0 Å². The number of nitrogens with two attached hydrogens (primary N) is 2. The van der Waals surface area contributed by atoms with E-state index in [2.05, 4.69) is 0 Å². The van der Waals surface area contributed by atoms with E-state index in [1.165, 1.54) is 12.0 Å². The summed E-state index contributed by atoms with van der Waals surface area (Å²) in [6.45, 7) is 0.0520. The quantitative estimate of drug-likeness (QED) is 0.214. The van der Waals surface area contributed by atoms with Crippen molar-refractivity contribution in [2.75, 3.05) is 25.1 Å². The number of aryl methyl sites for hydroxylation is 1. The van der Waals surface area contributed by atoms with Crippen LogP contribution in [0, 0.1) is 0 Å². The van der Waals surface area contributed by atoms with Gasteiger partial charge in [0.25, 0.3) is 0 Å². The van der Waals surface area contributed by atoms with Gasteiger partial charge in [-0.15, -0.1) is 0 Å². The molecule has 0 aromatic heterocycles. The van der Waals surface area contributed by atoms with Gasteiger partial charge in [0, 0.05) is 5.69 Å². The van der Waals surface area contributed by atoms with Crippen molar-refractivity contribution in [1.82, 2.24) is 0 Å². The Balaban J connectivity index is 2.17. The van der Waals surface area contributed by atoms with Crippen LogP contribution < -0.4 is 21.1 Å². The minimum atomic E-state index is -1.09. The second kappa shape index (κ2) is 14.0. The summed E-state index contributed by atoms with van der Waals surface area (Å²) in [4.78, 5) is 38.4. The fourth-order valence-electron chi connectivity index (χ4n) is 3.50. The normalized spacial score (nSPS) is 12.4. The molecule has 2 aromatic carbocycles. The van der Waals surface area contributed by atoms with E-state index >= 15 is 0 Å². The van der Waals surface area contributed by atoms with Crippen LogP contribution in [-0.4, -0.2) is 55.3 Å². The first-order chi connectivity index (χ1) is 16.3. The first kappa shape index (κ1) is 26.8. The Kier molecular flexibility index (Phi) is 11.0. The molecule has 0 radical (unpaired) electrons. The fraction of sp³-hybridized carbons (Fsp3) is 0.400. The lowest BCUT2D eigenvalue weighted by atomic mass is 10.0. The zero-order valence-electron chi connectivity index (χ0n) is 19.4. The Labute approximate surface area is 199 Å². The summed E-state index contributed by atoms with van der Waals surface area (Å²) in [6, 6.07) is 14.1. The number of hydrogen-bond acceptors (Lipinski definition) is 8.